The van der Waals surface area contributed by atoms with Gasteiger partial charge in [-0.15, -0.1) is 0 Å². The number of amides is 1. The third-order valence-electron chi connectivity index (χ3n) is 4.08. The molecule has 0 atom stereocenters. The third kappa shape index (κ3) is 3.53. The van der Waals surface area contributed by atoms with E-state index in [-0.39, 0.29) is 18.2 Å². The molecule has 0 saturated carbocycles. The zero-order valence-electron chi connectivity index (χ0n) is 13.2. The second-order valence-corrected chi connectivity index (χ2v) is 5.70. The normalized spacial score (nSPS) is 13.8. The molecule has 0 bridgehead atoms. The molecule has 6 heteroatoms. The maximum atomic E-state index is 12.3. The number of benzene rings is 2. The van der Waals surface area contributed by atoms with Crippen molar-refractivity contribution in [3.05, 3.63) is 69.8 Å². The molecule has 3 rings (SSSR count). The Kier molecular flexibility index (Phi) is 4.74. The van der Waals surface area contributed by atoms with Gasteiger partial charge in [-0.05, 0) is 43.2 Å². The number of nitrogens with zero attached hydrogens (tertiary/aromatic N) is 2. The summed E-state index contributed by atoms with van der Waals surface area (Å²) >= 11 is 0. The summed E-state index contributed by atoms with van der Waals surface area (Å²) in [5.41, 5.74) is 1.19. The van der Waals surface area contributed by atoms with Crippen LogP contribution in [0.2, 0.25) is 0 Å². The van der Waals surface area contributed by atoms with Gasteiger partial charge < -0.3 is 9.64 Å². The van der Waals surface area contributed by atoms with Crippen LogP contribution in [0.15, 0.2) is 48.5 Å². The van der Waals surface area contributed by atoms with E-state index in [0.29, 0.717) is 16.9 Å². The van der Waals surface area contributed by atoms with Gasteiger partial charge in [0.05, 0.1) is 10.5 Å². The van der Waals surface area contributed by atoms with Crippen molar-refractivity contribution in [1.29, 1.82) is 0 Å². The van der Waals surface area contributed by atoms with E-state index in [1.807, 2.05) is 4.90 Å². The number of nitro groups is 1. The number of nitro benzene ring substituents is 1. The van der Waals surface area contributed by atoms with Crippen molar-refractivity contribution in [3.63, 3.8) is 0 Å². The van der Waals surface area contributed by atoms with Gasteiger partial charge in [-0.2, -0.15) is 0 Å². The molecular weight excluding hydrogens is 308 g/mol. The van der Waals surface area contributed by atoms with Crippen molar-refractivity contribution in [2.24, 2.45) is 0 Å². The highest BCUT2D eigenvalue weighted by Gasteiger charge is 2.19. The summed E-state index contributed by atoms with van der Waals surface area (Å²) in [5.74, 6) is 0.615. The maximum absolute atomic E-state index is 12.3. The van der Waals surface area contributed by atoms with Crippen molar-refractivity contribution < 1.29 is 14.5 Å². The van der Waals surface area contributed by atoms with E-state index < -0.39 is 4.92 Å². The lowest BCUT2D eigenvalue weighted by molar-refractivity contribution is -0.385. The summed E-state index contributed by atoms with van der Waals surface area (Å²) in [5, 5.41) is 11.0. The van der Waals surface area contributed by atoms with E-state index in [1.165, 1.54) is 6.07 Å². The van der Waals surface area contributed by atoms with Crippen molar-refractivity contribution in [1.82, 2.24) is 4.90 Å². The van der Waals surface area contributed by atoms with Gasteiger partial charge in [0, 0.05) is 24.7 Å². The average molecular weight is 326 g/mol. The molecular formula is C18H18N2O4. The zero-order valence-corrected chi connectivity index (χ0v) is 13.2. The first kappa shape index (κ1) is 16.0. The highest BCUT2D eigenvalue weighted by molar-refractivity contribution is 5.94. The van der Waals surface area contributed by atoms with Crippen LogP contribution in [0.5, 0.6) is 5.75 Å². The fourth-order valence-corrected chi connectivity index (χ4v) is 2.77. The Morgan fingerprint density at radius 3 is 2.42 bits per heavy atom. The molecule has 1 aliphatic rings. The van der Waals surface area contributed by atoms with Crippen LogP contribution < -0.4 is 4.74 Å². The smallest absolute Gasteiger partial charge is 0.276 e. The number of para-hydroxylation sites is 1. The molecule has 1 amide bonds. The molecule has 0 radical (unpaired) electrons. The van der Waals surface area contributed by atoms with E-state index in [1.54, 1.807) is 42.5 Å². The molecule has 0 unspecified atom stereocenters. The third-order valence-corrected chi connectivity index (χ3v) is 4.08. The SMILES string of the molecule is O=C(c1ccc(OCc2ccccc2[N+](=O)[O-])cc1)N1CCCC1. The summed E-state index contributed by atoms with van der Waals surface area (Å²) in [6.07, 6.45) is 2.12. The monoisotopic (exact) mass is 326 g/mol. The van der Waals surface area contributed by atoms with Gasteiger partial charge in [0.2, 0.25) is 0 Å². The Hall–Kier alpha value is -2.89. The van der Waals surface area contributed by atoms with E-state index >= 15 is 0 Å². The number of ether oxygens (including phenoxy) is 1. The minimum absolute atomic E-state index is 0.0396. The molecule has 6 nitrogen and oxygen atoms in total. The predicted octanol–water partition coefficient (Wildman–Crippen LogP) is 3.41. The fourth-order valence-electron chi connectivity index (χ4n) is 2.77. The van der Waals surface area contributed by atoms with Crippen LogP contribution in [0.4, 0.5) is 5.69 Å². The van der Waals surface area contributed by atoms with Crippen LogP contribution in [0, 0.1) is 10.1 Å². The number of likely N-dealkylation sites (tertiary alicyclic amines) is 1. The molecule has 2 aromatic rings. The van der Waals surface area contributed by atoms with Crippen LogP contribution in [0.3, 0.4) is 0 Å². The molecule has 1 fully saturated rings. The summed E-state index contributed by atoms with van der Waals surface area (Å²) < 4.78 is 5.61. The molecule has 0 aromatic heterocycles. The van der Waals surface area contributed by atoms with Crippen molar-refractivity contribution >= 4 is 11.6 Å². The van der Waals surface area contributed by atoms with Crippen LogP contribution in [-0.4, -0.2) is 28.8 Å². The second-order valence-electron chi connectivity index (χ2n) is 5.70. The largest absolute Gasteiger partial charge is 0.489 e. The summed E-state index contributed by atoms with van der Waals surface area (Å²) in [4.78, 5) is 24.7. The van der Waals surface area contributed by atoms with Gasteiger partial charge in [0.1, 0.15) is 12.4 Å². The minimum Gasteiger partial charge on any atom is -0.489 e. The van der Waals surface area contributed by atoms with Gasteiger partial charge in [0.15, 0.2) is 0 Å². The second kappa shape index (κ2) is 7.12. The quantitative estimate of drug-likeness (QED) is 0.623. The lowest BCUT2D eigenvalue weighted by Gasteiger charge is -2.15. The highest BCUT2D eigenvalue weighted by atomic mass is 16.6. The summed E-state index contributed by atoms with van der Waals surface area (Å²) in [7, 11) is 0. The number of carbonyl (C=O) groups is 1. The van der Waals surface area contributed by atoms with E-state index in [0.717, 1.165) is 25.9 Å². The number of carbonyl (C=O) groups excluding carboxylic acids is 1. The Balaban J connectivity index is 1.64. The van der Waals surface area contributed by atoms with Gasteiger partial charge in [-0.3, -0.25) is 14.9 Å². The average Bonchev–Trinajstić information content (AvgIpc) is 3.14. The van der Waals surface area contributed by atoms with Crippen LogP contribution in [0.25, 0.3) is 0 Å². The molecule has 0 spiro atoms. The van der Waals surface area contributed by atoms with E-state index in [9.17, 15) is 14.9 Å². The van der Waals surface area contributed by atoms with Crippen LogP contribution >= 0.6 is 0 Å². The molecule has 1 saturated heterocycles. The van der Waals surface area contributed by atoms with Gasteiger partial charge in [-0.1, -0.05) is 12.1 Å². The molecule has 0 N–H and O–H groups in total. The summed E-state index contributed by atoms with van der Waals surface area (Å²) in [6.45, 7) is 1.74. The minimum atomic E-state index is -0.420. The summed E-state index contributed by atoms with van der Waals surface area (Å²) in [6, 6.07) is 13.4. The molecule has 2 aromatic carbocycles. The van der Waals surface area contributed by atoms with Gasteiger partial charge >= 0.3 is 0 Å². The zero-order chi connectivity index (χ0) is 16.9. The maximum Gasteiger partial charge on any atom is 0.276 e. The molecule has 124 valence electrons. The topological polar surface area (TPSA) is 72.7 Å². The molecule has 0 aliphatic carbocycles. The first-order valence-electron chi connectivity index (χ1n) is 7.89. The van der Waals surface area contributed by atoms with E-state index in [2.05, 4.69) is 0 Å². The Morgan fingerprint density at radius 2 is 1.75 bits per heavy atom. The van der Waals surface area contributed by atoms with Crippen LogP contribution in [-0.2, 0) is 6.61 Å². The predicted molar refractivity (Wildman–Crippen MR) is 89.0 cm³/mol. The first-order valence-corrected chi connectivity index (χ1v) is 7.89. The molecule has 24 heavy (non-hydrogen) atoms. The number of rotatable bonds is 5. The van der Waals surface area contributed by atoms with Crippen LogP contribution in [0.1, 0.15) is 28.8 Å². The molecule has 1 heterocycles. The first-order chi connectivity index (χ1) is 11.6. The van der Waals surface area contributed by atoms with Gasteiger partial charge in [-0.25, -0.2) is 0 Å². The van der Waals surface area contributed by atoms with Crippen molar-refractivity contribution in [3.8, 4) is 5.75 Å². The number of hydrogen-bond acceptors (Lipinski definition) is 4. The lowest BCUT2D eigenvalue weighted by Crippen LogP contribution is -2.27. The van der Waals surface area contributed by atoms with E-state index in [4.69, 9.17) is 4.74 Å². The Bertz CT molecular complexity index is 737. The fraction of sp³-hybridized carbons (Fsp3) is 0.278. The van der Waals surface area contributed by atoms with Gasteiger partial charge in [0.25, 0.3) is 11.6 Å². The Labute approximate surface area is 139 Å². The highest BCUT2D eigenvalue weighted by Crippen LogP contribution is 2.21. The van der Waals surface area contributed by atoms with Crippen molar-refractivity contribution in [2.75, 3.05) is 13.1 Å². The lowest BCUT2D eigenvalue weighted by atomic mass is 10.2. The standard InChI is InChI=1S/C18H18N2O4/c21-18(19-11-3-4-12-19)14-7-9-16(10-8-14)24-13-15-5-1-2-6-17(15)20(22)23/h1-2,5-10H,3-4,11-13H2. The Morgan fingerprint density at radius 1 is 1.08 bits per heavy atom. The van der Waals surface area contributed by atoms with Crippen molar-refractivity contribution in [2.45, 2.75) is 19.4 Å². The number of hydrogen-bond donors (Lipinski definition) is 0. The molecule has 1 aliphatic heterocycles.